The lowest BCUT2D eigenvalue weighted by atomic mass is 10.1. The molecule has 0 aliphatic carbocycles. The molecule has 0 heterocycles. The normalized spacial score (nSPS) is 12.1. The van der Waals surface area contributed by atoms with Crippen molar-refractivity contribution in [2.45, 2.75) is 115 Å². The molecule has 3 rings (SSSR count). The van der Waals surface area contributed by atoms with Crippen molar-refractivity contribution in [2.75, 3.05) is 19.9 Å². The molecule has 0 unspecified atom stereocenters. The average molecular weight is 725 g/mol. The maximum atomic E-state index is 13.2. The molecule has 0 atom stereocenters. The van der Waals surface area contributed by atoms with Crippen LogP contribution in [-0.2, 0) is 6.54 Å². The van der Waals surface area contributed by atoms with E-state index in [9.17, 15) is 26.3 Å². The van der Waals surface area contributed by atoms with E-state index in [0.29, 0.717) is 5.75 Å². The average Bonchev–Trinajstić information content (AvgIpc) is 3.10. The molecule has 0 fully saturated rings. The zero-order valence-corrected chi connectivity index (χ0v) is 31.0. The van der Waals surface area contributed by atoms with Crippen LogP contribution in [-0.4, -0.2) is 43.7 Å². The summed E-state index contributed by atoms with van der Waals surface area (Å²) in [7, 11) is 1.46. The van der Waals surface area contributed by atoms with Gasteiger partial charge in [0, 0.05) is 22.6 Å². The fourth-order valence-corrected chi connectivity index (χ4v) is 5.24. The third-order valence-electron chi connectivity index (χ3n) is 7.55. The highest BCUT2D eigenvalue weighted by Gasteiger charge is 2.37. The van der Waals surface area contributed by atoms with E-state index in [0.717, 1.165) is 10.5 Å². The first-order valence-electron chi connectivity index (χ1n) is 17.5. The number of halogens is 6. The Morgan fingerprint density at radius 1 is 0.580 bits per heavy atom. The van der Waals surface area contributed by atoms with E-state index in [1.807, 2.05) is 12.3 Å². The lowest BCUT2D eigenvalue weighted by Crippen LogP contribution is -2.24. The van der Waals surface area contributed by atoms with Gasteiger partial charge >= 0.3 is 12.4 Å². The predicted octanol–water partition coefficient (Wildman–Crippen LogP) is 13.3. The topological polar surface area (TPSA) is 34.0 Å². The number of alkyl halides is 6. The molecule has 0 aromatic heterocycles. The molecule has 3 nitrogen and oxygen atoms in total. The Hall–Kier alpha value is -3.27. The van der Waals surface area contributed by atoms with Gasteiger partial charge in [0.15, 0.2) is 0 Å². The van der Waals surface area contributed by atoms with Gasteiger partial charge in [-0.3, -0.25) is 9.98 Å². The van der Waals surface area contributed by atoms with Crippen LogP contribution in [0.2, 0.25) is 0 Å². The van der Waals surface area contributed by atoms with Gasteiger partial charge in [0.2, 0.25) is 0 Å². The summed E-state index contributed by atoms with van der Waals surface area (Å²) in [6.07, 6.45) is 8.92. The molecule has 0 radical (unpaired) electrons. The second-order valence-electron chi connectivity index (χ2n) is 11.6. The van der Waals surface area contributed by atoms with E-state index in [-0.39, 0.29) is 24.2 Å². The van der Waals surface area contributed by atoms with Crippen LogP contribution in [0.3, 0.4) is 0 Å². The number of unbranched alkanes of at least 4 members (excludes halogenated alkanes) is 10. The van der Waals surface area contributed by atoms with E-state index >= 15 is 0 Å². The first-order chi connectivity index (χ1) is 23.9. The van der Waals surface area contributed by atoms with Crippen molar-refractivity contribution in [2.24, 2.45) is 9.98 Å². The first kappa shape index (κ1) is 44.8. The molecular weight excluding hydrogens is 671 g/mol. The summed E-state index contributed by atoms with van der Waals surface area (Å²) >= 11 is 1.49. The van der Waals surface area contributed by atoms with Gasteiger partial charge in [0.05, 0.1) is 13.7 Å². The molecule has 278 valence electrons. The van der Waals surface area contributed by atoms with Crippen molar-refractivity contribution < 1.29 is 31.1 Å². The smallest absolute Gasteiger partial charge is 0.433 e. The Labute approximate surface area is 300 Å². The van der Waals surface area contributed by atoms with Gasteiger partial charge in [0.1, 0.15) is 17.2 Å². The first-order valence-corrected chi connectivity index (χ1v) is 18.7. The van der Waals surface area contributed by atoms with Crippen LogP contribution in [0.15, 0.2) is 93.7 Å². The molecule has 0 N–H and O–H groups in total. The van der Waals surface area contributed by atoms with E-state index in [2.05, 4.69) is 23.8 Å². The molecule has 0 bridgehead atoms. The molecule has 0 aliphatic heterocycles. The highest BCUT2D eigenvalue weighted by Crippen LogP contribution is 2.26. The molecule has 0 amide bonds. The SMILES string of the molecule is CCCCCCCCCCCCC.CCN=C(c1ccc(OC)cc1)C(F)(F)F.CSc1ccc(C(=NCc2ccccc2)C(F)(F)F)cc1. The second-order valence-corrected chi connectivity index (χ2v) is 12.5. The van der Waals surface area contributed by atoms with Gasteiger partial charge < -0.3 is 4.74 Å². The highest BCUT2D eigenvalue weighted by molar-refractivity contribution is 7.98. The quantitative estimate of drug-likeness (QED) is 0.0601. The van der Waals surface area contributed by atoms with Crippen LogP contribution < -0.4 is 4.74 Å². The van der Waals surface area contributed by atoms with Gasteiger partial charge in [-0.05, 0) is 55.1 Å². The standard InChI is InChI=1S/C16H14F3NS.C13H28.C11H12F3NO/c1-21-14-9-7-13(8-10-14)15(16(17,18)19)20-11-12-5-3-2-4-6-12;1-3-5-7-9-11-13-12-10-8-6-4-2;1-3-15-10(11(12,13)14)8-4-6-9(16-2)7-5-8/h2-10H,11H2,1H3;3-13H2,1-2H3;4-7H,3H2,1-2H3. The van der Waals surface area contributed by atoms with Crippen molar-refractivity contribution >= 4 is 23.2 Å². The van der Waals surface area contributed by atoms with Gasteiger partial charge in [-0.25, -0.2) is 0 Å². The number of hydrogen-bond acceptors (Lipinski definition) is 4. The molecule has 3 aromatic rings. The van der Waals surface area contributed by atoms with Gasteiger partial charge in [0.25, 0.3) is 0 Å². The molecular formula is C40H54F6N2OS. The van der Waals surface area contributed by atoms with Crippen LogP contribution in [0.4, 0.5) is 26.3 Å². The Balaban J connectivity index is 0.000000388. The van der Waals surface area contributed by atoms with Gasteiger partial charge in [-0.1, -0.05) is 127 Å². The predicted molar refractivity (Wildman–Crippen MR) is 199 cm³/mol. The lowest BCUT2D eigenvalue weighted by Gasteiger charge is -2.11. The zero-order valence-electron chi connectivity index (χ0n) is 30.2. The van der Waals surface area contributed by atoms with Crippen LogP contribution in [0.25, 0.3) is 0 Å². The fourth-order valence-electron chi connectivity index (χ4n) is 4.84. The zero-order chi connectivity index (χ0) is 37.3. The number of ether oxygens (including phenoxy) is 1. The summed E-state index contributed by atoms with van der Waals surface area (Å²) in [5.41, 5.74) is -0.789. The van der Waals surface area contributed by atoms with Crippen molar-refractivity contribution in [1.29, 1.82) is 0 Å². The van der Waals surface area contributed by atoms with E-state index in [1.165, 1.54) is 126 Å². The summed E-state index contributed by atoms with van der Waals surface area (Å²) in [6, 6.07) is 20.8. The highest BCUT2D eigenvalue weighted by atomic mass is 32.2. The third-order valence-corrected chi connectivity index (χ3v) is 8.29. The fraction of sp³-hybridized carbons (Fsp3) is 0.500. The minimum atomic E-state index is -4.46. The maximum Gasteiger partial charge on any atom is 0.433 e. The van der Waals surface area contributed by atoms with Crippen LogP contribution >= 0.6 is 11.8 Å². The number of thioether (sulfide) groups is 1. The Morgan fingerprint density at radius 2 is 1.00 bits per heavy atom. The van der Waals surface area contributed by atoms with Gasteiger partial charge in [-0.15, -0.1) is 11.8 Å². The summed E-state index contributed by atoms with van der Waals surface area (Å²) < 4.78 is 82.2. The van der Waals surface area contributed by atoms with Crippen molar-refractivity contribution in [3.8, 4) is 5.75 Å². The number of methoxy groups -OCH3 is 1. The lowest BCUT2D eigenvalue weighted by molar-refractivity contribution is -0.0591. The molecule has 10 heteroatoms. The summed E-state index contributed by atoms with van der Waals surface area (Å²) in [5.74, 6) is 0.516. The van der Waals surface area contributed by atoms with Crippen molar-refractivity contribution in [3.05, 3.63) is 95.6 Å². The molecule has 3 aromatic carbocycles. The number of nitrogens with zero attached hydrogens (tertiary/aromatic N) is 2. The minimum Gasteiger partial charge on any atom is -0.497 e. The molecule has 50 heavy (non-hydrogen) atoms. The number of benzene rings is 3. The van der Waals surface area contributed by atoms with E-state index in [4.69, 9.17) is 4.74 Å². The Morgan fingerprint density at radius 3 is 1.38 bits per heavy atom. The van der Waals surface area contributed by atoms with Crippen LogP contribution in [0.5, 0.6) is 5.75 Å². The number of hydrogen-bond donors (Lipinski definition) is 0. The Bertz CT molecular complexity index is 1330. The number of rotatable bonds is 17. The molecule has 0 saturated heterocycles. The minimum absolute atomic E-state index is 0.0139. The summed E-state index contributed by atoms with van der Waals surface area (Å²) in [5, 5.41) is 0. The largest absolute Gasteiger partial charge is 0.497 e. The van der Waals surface area contributed by atoms with Crippen molar-refractivity contribution in [3.63, 3.8) is 0 Å². The number of aliphatic imine (C=N–C) groups is 2. The van der Waals surface area contributed by atoms with E-state index in [1.54, 1.807) is 43.3 Å². The summed E-state index contributed by atoms with van der Waals surface area (Å²) in [4.78, 5) is 8.17. The summed E-state index contributed by atoms with van der Waals surface area (Å²) in [6.45, 7) is 6.24. The van der Waals surface area contributed by atoms with Crippen molar-refractivity contribution in [1.82, 2.24) is 0 Å². The maximum absolute atomic E-state index is 13.2. The van der Waals surface area contributed by atoms with Crippen LogP contribution in [0.1, 0.15) is 108 Å². The second kappa shape index (κ2) is 25.6. The Kier molecular flexibility index (Phi) is 23.0. The molecule has 0 saturated carbocycles. The monoisotopic (exact) mass is 724 g/mol. The van der Waals surface area contributed by atoms with Crippen LogP contribution in [0, 0.1) is 0 Å². The van der Waals surface area contributed by atoms with E-state index < -0.39 is 23.8 Å². The van der Waals surface area contributed by atoms with Gasteiger partial charge in [-0.2, -0.15) is 26.3 Å². The third kappa shape index (κ3) is 19.2. The molecule has 0 aliphatic rings. The molecule has 0 spiro atoms.